The van der Waals surface area contributed by atoms with Gasteiger partial charge in [-0.05, 0) is 33.1 Å². The third-order valence-electron chi connectivity index (χ3n) is 3.45. The molecule has 0 aliphatic carbocycles. The minimum atomic E-state index is 0.316. The molecule has 1 aliphatic heterocycles. The maximum Gasteiger partial charge on any atom is 0.0954 e. The first kappa shape index (κ1) is 11.4. The zero-order valence-electron chi connectivity index (χ0n) is 10.2. The van der Waals surface area contributed by atoms with Crippen LogP contribution in [-0.4, -0.2) is 15.6 Å². The summed E-state index contributed by atoms with van der Waals surface area (Å²) < 4.78 is 2.21. The molecule has 1 aromatic rings. The van der Waals surface area contributed by atoms with E-state index < -0.39 is 0 Å². The van der Waals surface area contributed by atoms with Crippen LogP contribution in [-0.2, 0) is 0 Å². The molecule has 3 heteroatoms. The molecule has 0 spiro atoms. The van der Waals surface area contributed by atoms with Gasteiger partial charge >= 0.3 is 0 Å². The first-order valence-electron chi connectivity index (χ1n) is 6.12. The van der Waals surface area contributed by atoms with Gasteiger partial charge in [-0.15, -0.1) is 6.58 Å². The SMILES string of the molecule is C=CC(C)n1cncc1C1CCCC(C)N1. The van der Waals surface area contributed by atoms with Crippen LogP contribution in [0.3, 0.4) is 0 Å². The van der Waals surface area contributed by atoms with Crippen molar-refractivity contribution >= 4 is 0 Å². The van der Waals surface area contributed by atoms with Gasteiger partial charge in [0, 0.05) is 24.3 Å². The summed E-state index contributed by atoms with van der Waals surface area (Å²) in [5, 5.41) is 3.64. The molecular formula is C13H21N3. The van der Waals surface area contributed by atoms with Gasteiger partial charge < -0.3 is 9.88 Å². The fourth-order valence-corrected chi connectivity index (χ4v) is 2.41. The van der Waals surface area contributed by atoms with Crippen molar-refractivity contribution < 1.29 is 0 Å². The number of allylic oxidation sites excluding steroid dienone is 1. The van der Waals surface area contributed by atoms with Crippen molar-refractivity contribution in [3.8, 4) is 0 Å². The smallest absolute Gasteiger partial charge is 0.0954 e. The highest BCUT2D eigenvalue weighted by atomic mass is 15.1. The van der Waals surface area contributed by atoms with Gasteiger partial charge in [-0.1, -0.05) is 6.08 Å². The maximum absolute atomic E-state index is 4.27. The first-order chi connectivity index (χ1) is 7.72. The highest BCUT2D eigenvalue weighted by Crippen LogP contribution is 2.27. The molecule has 3 atom stereocenters. The molecule has 1 aliphatic rings. The largest absolute Gasteiger partial charge is 0.326 e. The number of aromatic nitrogens is 2. The second kappa shape index (κ2) is 4.83. The van der Waals surface area contributed by atoms with Crippen LogP contribution in [0.15, 0.2) is 25.2 Å². The molecule has 2 rings (SSSR count). The van der Waals surface area contributed by atoms with Crippen LogP contribution in [0, 0.1) is 0 Å². The summed E-state index contributed by atoms with van der Waals surface area (Å²) in [6.07, 6.45) is 9.63. The predicted octanol–water partition coefficient (Wildman–Crippen LogP) is 2.83. The van der Waals surface area contributed by atoms with E-state index >= 15 is 0 Å². The van der Waals surface area contributed by atoms with E-state index in [0.717, 1.165) is 0 Å². The van der Waals surface area contributed by atoms with Crippen LogP contribution >= 0.6 is 0 Å². The number of nitrogens with zero attached hydrogens (tertiary/aromatic N) is 2. The molecule has 16 heavy (non-hydrogen) atoms. The zero-order valence-corrected chi connectivity index (χ0v) is 10.2. The second-order valence-corrected chi connectivity index (χ2v) is 4.75. The van der Waals surface area contributed by atoms with Crippen molar-refractivity contribution in [1.82, 2.24) is 14.9 Å². The van der Waals surface area contributed by atoms with Gasteiger partial charge in [-0.25, -0.2) is 4.98 Å². The number of rotatable bonds is 3. The number of hydrogen-bond acceptors (Lipinski definition) is 2. The van der Waals surface area contributed by atoms with Crippen LogP contribution in [0.2, 0.25) is 0 Å². The first-order valence-corrected chi connectivity index (χ1v) is 6.12. The number of piperidine rings is 1. The molecule has 1 fully saturated rings. The summed E-state index contributed by atoms with van der Waals surface area (Å²) in [4.78, 5) is 4.27. The van der Waals surface area contributed by atoms with Gasteiger partial charge in [0.25, 0.3) is 0 Å². The van der Waals surface area contributed by atoms with Crippen molar-refractivity contribution in [3.63, 3.8) is 0 Å². The minimum Gasteiger partial charge on any atom is -0.326 e. The molecule has 1 aromatic heterocycles. The summed E-state index contributed by atoms with van der Waals surface area (Å²) >= 11 is 0. The van der Waals surface area contributed by atoms with Gasteiger partial charge in [0.05, 0.1) is 12.0 Å². The molecule has 1 saturated heterocycles. The van der Waals surface area contributed by atoms with E-state index in [1.165, 1.54) is 25.0 Å². The Morgan fingerprint density at radius 3 is 3.12 bits per heavy atom. The second-order valence-electron chi connectivity index (χ2n) is 4.75. The summed E-state index contributed by atoms with van der Waals surface area (Å²) in [6, 6.07) is 1.38. The van der Waals surface area contributed by atoms with E-state index in [2.05, 4.69) is 35.3 Å². The normalized spacial score (nSPS) is 27.6. The lowest BCUT2D eigenvalue weighted by Gasteiger charge is -2.30. The quantitative estimate of drug-likeness (QED) is 0.792. The molecule has 0 amide bonds. The van der Waals surface area contributed by atoms with Gasteiger partial charge in [-0.2, -0.15) is 0 Å². The lowest BCUT2D eigenvalue weighted by molar-refractivity contribution is 0.328. The van der Waals surface area contributed by atoms with E-state index in [4.69, 9.17) is 0 Å². The molecular weight excluding hydrogens is 198 g/mol. The average Bonchev–Trinajstić information content (AvgIpc) is 2.77. The van der Waals surface area contributed by atoms with Crippen molar-refractivity contribution in [2.24, 2.45) is 0 Å². The molecule has 2 heterocycles. The molecule has 3 nitrogen and oxygen atoms in total. The van der Waals surface area contributed by atoms with E-state index in [0.29, 0.717) is 18.1 Å². The summed E-state index contributed by atoms with van der Waals surface area (Å²) in [7, 11) is 0. The van der Waals surface area contributed by atoms with Gasteiger partial charge in [0.15, 0.2) is 0 Å². The predicted molar refractivity (Wildman–Crippen MR) is 66.3 cm³/mol. The van der Waals surface area contributed by atoms with Crippen molar-refractivity contribution in [2.45, 2.75) is 51.2 Å². The molecule has 88 valence electrons. The molecule has 1 N–H and O–H groups in total. The third kappa shape index (κ3) is 2.19. The molecule has 3 unspecified atom stereocenters. The topological polar surface area (TPSA) is 29.9 Å². The zero-order chi connectivity index (χ0) is 11.5. The van der Waals surface area contributed by atoms with Gasteiger partial charge in [0.2, 0.25) is 0 Å². The Morgan fingerprint density at radius 1 is 1.62 bits per heavy atom. The third-order valence-corrected chi connectivity index (χ3v) is 3.45. The van der Waals surface area contributed by atoms with Crippen molar-refractivity contribution in [3.05, 3.63) is 30.9 Å². The lowest BCUT2D eigenvalue weighted by Crippen LogP contribution is -2.35. The number of hydrogen-bond donors (Lipinski definition) is 1. The Morgan fingerprint density at radius 2 is 2.44 bits per heavy atom. The molecule has 0 saturated carbocycles. The van der Waals surface area contributed by atoms with E-state index in [1.54, 1.807) is 0 Å². The van der Waals surface area contributed by atoms with Crippen molar-refractivity contribution in [1.29, 1.82) is 0 Å². The Balaban J connectivity index is 2.19. The van der Waals surface area contributed by atoms with Crippen LogP contribution in [0.4, 0.5) is 0 Å². The average molecular weight is 219 g/mol. The number of nitrogens with one attached hydrogen (secondary N) is 1. The van der Waals surface area contributed by atoms with Crippen LogP contribution in [0.5, 0.6) is 0 Å². The van der Waals surface area contributed by atoms with E-state index in [9.17, 15) is 0 Å². The van der Waals surface area contributed by atoms with Crippen molar-refractivity contribution in [2.75, 3.05) is 0 Å². The Hall–Kier alpha value is -1.09. The standard InChI is InChI=1S/C13H21N3/c1-4-11(3)16-9-14-8-13(16)12-7-5-6-10(2)15-12/h4,8-12,15H,1,5-7H2,2-3H3. The number of imidazole rings is 1. The van der Waals surface area contributed by atoms with E-state index in [-0.39, 0.29) is 0 Å². The van der Waals surface area contributed by atoms with Crippen LogP contribution in [0.1, 0.15) is 50.9 Å². The maximum atomic E-state index is 4.27. The minimum absolute atomic E-state index is 0.316. The Bertz CT molecular complexity index is 356. The molecule has 0 aromatic carbocycles. The van der Waals surface area contributed by atoms with E-state index in [1.807, 2.05) is 18.6 Å². The fourth-order valence-electron chi connectivity index (χ4n) is 2.41. The highest BCUT2D eigenvalue weighted by molar-refractivity contribution is 5.09. The van der Waals surface area contributed by atoms with Gasteiger partial charge in [-0.3, -0.25) is 0 Å². The Kier molecular flexibility index (Phi) is 3.44. The molecule has 0 radical (unpaired) electrons. The highest BCUT2D eigenvalue weighted by Gasteiger charge is 2.22. The fraction of sp³-hybridized carbons (Fsp3) is 0.615. The van der Waals surface area contributed by atoms with Crippen LogP contribution in [0.25, 0.3) is 0 Å². The van der Waals surface area contributed by atoms with Gasteiger partial charge in [0.1, 0.15) is 0 Å². The Labute approximate surface area is 97.6 Å². The lowest BCUT2D eigenvalue weighted by atomic mass is 9.97. The summed E-state index contributed by atoms with van der Waals surface area (Å²) in [5.41, 5.74) is 1.29. The monoisotopic (exact) mass is 219 g/mol. The van der Waals surface area contributed by atoms with Crippen LogP contribution < -0.4 is 5.32 Å². The molecule has 0 bridgehead atoms. The summed E-state index contributed by atoms with van der Waals surface area (Å²) in [5.74, 6) is 0. The summed E-state index contributed by atoms with van der Waals surface area (Å²) in [6.45, 7) is 8.25.